The van der Waals surface area contributed by atoms with Gasteiger partial charge in [0.15, 0.2) is 5.82 Å². The summed E-state index contributed by atoms with van der Waals surface area (Å²) in [6.07, 6.45) is 0. The minimum absolute atomic E-state index is 0.178. The average molecular weight is 811 g/mol. The van der Waals surface area contributed by atoms with Crippen LogP contribution in [0.25, 0.3) is 91.7 Å². The minimum atomic E-state index is -0.178. The zero-order chi connectivity index (χ0) is 41.1. The molecule has 12 aromatic rings. The van der Waals surface area contributed by atoms with E-state index >= 15 is 0 Å². The molecule has 1 aliphatic rings. The van der Waals surface area contributed by atoms with Gasteiger partial charge in [-0.3, -0.25) is 9.47 Å². The van der Waals surface area contributed by atoms with Crippen molar-refractivity contribution in [2.75, 3.05) is 4.90 Å². The number of nitrogens with zero attached hydrogens (tertiary/aromatic N) is 4. The number of hydrogen-bond acceptors (Lipinski definition) is 4. The Balaban J connectivity index is 1.15. The molecule has 9 aromatic carbocycles. The van der Waals surface area contributed by atoms with E-state index in [0.29, 0.717) is 5.95 Å². The Bertz CT molecular complexity index is 3780. The van der Waals surface area contributed by atoms with Gasteiger partial charge in [0.1, 0.15) is 0 Å². The molecule has 0 bridgehead atoms. The Morgan fingerprint density at radius 3 is 1.98 bits per heavy atom. The fraction of sp³-hybridized carbons (Fsp3) is 0.0526. The highest BCUT2D eigenvalue weighted by molar-refractivity contribution is 7.27. The van der Waals surface area contributed by atoms with Crippen molar-refractivity contribution in [3.8, 4) is 28.1 Å². The first-order valence-corrected chi connectivity index (χ1v) is 22.1. The number of benzene rings is 9. The number of fused-ring (bicyclic) bond motifs is 14. The lowest BCUT2D eigenvalue weighted by atomic mass is 9.82. The molecule has 4 nitrogen and oxygen atoms in total. The van der Waals surface area contributed by atoms with Crippen molar-refractivity contribution in [1.82, 2.24) is 14.5 Å². The molecule has 292 valence electrons. The standard InChI is InChI=1S/C57H38N4S/c1-57(2)44-25-12-8-21-40(44)51-45(57)26-16-29-48(51)60(37-33-31-36(32-34-37)35-17-4-3-5-18-35)56-58-46-27-13-9-22-41(46)55(59-56)61-47-28-14-10-23-42(47)52-53(61)39-20-7-6-19-38(39)50-43-24-11-15-30-49(43)62-54(50)52/h3-34H,1-2H3. The number of aromatic nitrogens is 3. The van der Waals surface area contributed by atoms with E-state index in [4.69, 9.17) is 9.97 Å². The largest absolute Gasteiger partial charge is 0.292 e. The van der Waals surface area contributed by atoms with Crippen LogP contribution in [0.2, 0.25) is 0 Å². The predicted octanol–water partition coefficient (Wildman–Crippen LogP) is 15.7. The van der Waals surface area contributed by atoms with Gasteiger partial charge in [-0.15, -0.1) is 11.3 Å². The lowest BCUT2D eigenvalue weighted by Gasteiger charge is -2.28. The summed E-state index contributed by atoms with van der Waals surface area (Å²) in [5, 5.41) is 8.52. The molecule has 13 rings (SSSR count). The van der Waals surface area contributed by atoms with Crippen LogP contribution in [0.15, 0.2) is 194 Å². The number of para-hydroxylation sites is 2. The number of thiophene rings is 1. The molecule has 62 heavy (non-hydrogen) atoms. The minimum Gasteiger partial charge on any atom is -0.292 e. The molecule has 3 heterocycles. The Labute approximate surface area is 362 Å². The van der Waals surface area contributed by atoms with Crippen LogP contribution < -0.4 is 4.90 Å². The van der Waals surface area contributed by atoms with Gasteiger partial charge in [-0.25, -0.2) is 4.98 Å². The summed E-state index contributed by atoms with van der Waals surface area (Å²) in [6, 6.07) is 70.2. The highest BCUT2D eigenvalue weighted by Crippen LogP contribution is 2.54. The second kappa shape index (κ2) is 13.2. The lowest BCUT2D eigenvalue weighted by molar-refractivity contribution is 0.660. The van der Waals surface area contributed by atoms with Gasteiger partial charge in [0.05, 0.1) is 22.2 Å². The molecule has 0 spiro atoms. The molecule has 0 aliphatic heterocycles. The number of hydrogen-bond donors (Lipinski definition) is 0. The van der Waals surface area contributed by atoms with Crippen molar-refractivity contribution in [3.05, 3.63) is 205 Å². The van der Waals surface area contributed by atoms with Crippen LogP contribution in [0.1, 0.15) is 25.0 Å². The summed E-state index contributed by atoms with van der Waals surface area (Å²) < 4.78 is 5.02. The van der Waals surface area contributed by atoms with Crippen molar-refractivity contribution in [3.63, 3.8) is 0 Å². The van der Waals surface area contributed by atoms with Crippen LogP contribution in [0, 0.1) is 0 Å². The monoisotopic (exact) mass is 810 g/mol. The van der Waals surface area contributed by atoms with E-state index in [-0.39, 0.29) is 5.41 Å². The quantitative estimate of drug-likeness (QED) is 0.174. The van der Waals surface area contributed by atoms with Crippen molar-refractivity contribution >= 4 is 92.3 Å². The summed E-state index contributed by atoms with van der Waals surface area (Å²) in [5.74, 6) is 1.46. The second-order valence-electron chi connectivity index (χ2n) is 16.9. The highest BCUT2D eigenvalue weighted by atomic mass is 32.1. The molecule has 3 aromatic heterocycles. The van der Waals surface area contributed by atoms with Gasteiger partial charge in [0.25, 0.3) is 0 Å². The lowest BCUT2D eigenvalue weighted by Crippen LogP contribution is -2.17. The van der Waals surface area contributed by atoms with Gasteiger partial charge in [-0.1, -0.05) is 166 Å². The molecule has 0 saturated carbocycles. The first-order chi connectivity index (χ1) is 30.5. The molecule has 0 atom stereocenters. The zero-order valence-corrected chi connectivity index (χ0v) is 35.0. The van der Waals surface area contributed by atoms with Crippen LogP contribution in [-0.4, -0.2) is 14.5 Å². The third-order valence-electron chi connectivity index (χ3n) is 13.2. The summed E-state index contributed by atoms with van der Waals surface area (Å²) in [5.41, 5.74) is 12.4. The smallest absolute Gasteiger partial charge is 0.237 e. The topological polar surface area (TPSA) is 34.0 Å². The van der Waals surface area contributed by atoms with Crippen LogP contribution in [0.5, 0.6) is 0 Å². The SMILES string of the molecule is CC1(C)c2ccccc2-c2c(N(c3ccc(-c4ccccc4)cc3)c3nc(-n4c5ccccc5c5c6sc7ccccc7c6c6ccccc6c54)c4ccccc4n3)cccc21. The van der Waals surface area contributed by atoms with Crippen LogP contribution in [0.3, 0.4) is 0 Å². The van der Waals surface area contributed by atoms with Gasteiger partial charge in [-0.05, 0) is 75.7 Å². The van der Waals surface area contributed by atoms with Gasteiger partial charge in [0.2, 0.25) is 5.95 Å². The third kappa shape index (κ3) is 4.94. The van der Waals surface area contributed by atoms with Crippen molar-refractivity contribution in [2.24, 2.45) is 0 Å². The molecule has 0 radical (unpaired) electrons. The Hall–Kier alpha value is -7.60. The first kappa shape index (κ1) is 35.2. The van der Waals surface area contributed by atoms with E-state index < -0.39 is 0 Å². The van der Waals surface area contributed by atoms with Crippen molar-refractivity contribution in [1.29, 1.82) is 0 Å². The summed E-state index contributed by atoms with van der Waals surface area (Å²) in [4.78, 5) is 13.6. The van der Waals surface area contributed by atoms with Gasteiger partial charge >= 0.3 is 0 Å². The highest BCUT2D eigenvalue weighted by Gasteiger charge is 2.38. The molecule has 0 fully saturated rings. The maximum Gasteiger partial charge on any atom is 0.237 e. The van der Waals surface area contributed by atoms with Crippen LogP contribution >= 0.6 is 11.3 Å². The molecular formula is C57H38N4S. The molecule has 0 saturated heterocycles. The van der Waals surface area contributed by atoms with Crippen LogP contribution in [-0.2, 0) is 5.41 Å². The Morgan fingerprint density at radius 1 is 0.500 bits per heavy atom. The molecule has 1 aliphatic carbocycles. The molecule has 0 N–H and O–H groups in total. The third-order valence-corrected chi connectivity index (χ3v) is 14.4. The number of anilines is 3. The fourth-order valence-electron chi connectivity index (χ4n) is 10.4. The molecule has 5 heteroatoms. The summed E-state index contributed by atoms with van der Waals surface area (Å²) in [6.45, 7) is 4.68. The molecule has 0 amide bonds. The molecule has 0 unspecified atom stereocenters. The normalized spacial score (nSPS) is 13.1. The summed E-state index contributed by atoms with van der Waals surface area (Å²) in [7, 11) is 0. The van der Waals surface area contributed by atoms with Gasteiger partial charge < -0.3 is 0 Å². The zero-order valence-electron chi connectivity index (χ0n) is 34.2. The Morgan fingerprint density at radius 2 is 1.15 bits per heavy atom. The predicted molar refractivity (Wildman–Crippen MR) is 262 cm³/mol. The number of rotatable bonds is 5. The second-order valence-corrected chi connectivity index (χ2v) is 18.0. The van der Waals surface area contributed by atoms with Gasteiger partial charge in [0, 0.05) is 58.4 Å². The Kier molecular flexibility index (Phi) is 7.49. The van der Waals surface area contributed by atoms with E-state index in [1.54, 1.807) is 0 Å². The van der Waals surface area contributed by atoms with E-state index in [0.717, 1.165) is 44.7 Å². The fourth-order valence-corrected chi connectivity index (χ4v) is 11.7. The van der Waals surface area contributed by atoms with Crippen LogP contribution in [0.4, 0.5) is 17.3 Å². The maximum atomic E-state index is 5.81. The van der Waals surface area contributed by atoms with Crippen molar-refractivity contribution in [2.45, 2.75) is 19.3 Å². The van der Waals surface area contributed by atoms with Crippen molar-refractivity contribution < 1.29 is 0 Å². The van der Waals surface area contributed by atoms with E-state index in [2.05, 4.69) is 217 Å². The maximum absolute atomic E-state index is 5.81. The van der Waals surface area contributed by atoms with E-state index in [1.807, 2.05) is 11.3 Å². The van der Waals surface area contributed by atoms with E-state index in [1.165, 1.54) is 69.5 Å². The first-order valence-electron chi connectivity index (χ1n) is 21.3. The van der Waals surface area contributed by atoms with Gasteiger partial charge in [-0.2, -0.15) is 4.98 Å². The van der Waals surface area contributed by atoms with E-state index in [9.17, 15) is 0 Å². The summed E-state index contributed by atoms with van der Waals surface area (Å²) >= 11 is 1.89. The average Bonchev–Trinajstić information content (AvgIpc) is 3.96. The molecular weight excluding hydrogens is 773 g/mol.